The number of ether oxygens (including phenoxy) is 1. The molecule has 4 aliphatic rings. The van der Waals surface area contributed by atoms with Crippen molar-refractivity contribution in [3.63, 3.8) is 0 Å². The molecular weight excluding hydrogens is 721 g/mol. The average molecular weight is 746 g/mol. The molecule has 0 spiro atoms. The number of H-pyrrole nitrogens is 1. The number of thioether (sulfide) groups is 1. The van der Waals surface area contributed by atoms with Crippen LogP contribution < -0.4 is 19.8 Å². The number of nitrogens with one attached hydrogen (secondary N) is 2. The molecule has 0 radical (unpaired) electrons. The zero-order valence-corrected chi connectivity index (χ0v) is 27.6. The Kier molecular flexibility index (Phi) is 7.90. The number of thiazole rings is 1. The van der Waals surface area contributed by atoms with E-state index in [2.05, 4.69) is 10.3 Å². The summed E-state index contributed by atoms with van der Waals surface area (Å²) in [4.78, 5) is 56.9. The number of rotatable bonds is 6. The van der Waals surface area contributed by atoms with Gasteiger partial charge in [0, 0.05) is 21.7 Å². The zero-order valence-electron chi connectivity index (χ0n) is 26.0. The van der Waals surface area contributed by atoms with Gasteiger partial charge in [0.2, 0.25) is 11.8 Å². The summed E-state index contributed by atoms with van der Waals surface area (Å²) >= 11 is 2.49. The van der Waals surface area contributed by atoms with Crippen LogP contribution in [0.3, 0.4) is 0 Å². The van der Waals surface area contributed by atoms with Crippen LogP contribution in [0.15, 0.2) is 82.6 Å². The number of amides is 3. The van der Waals surface area contributed by atoms with Crippen LogP contribution in [0, 0.1) is 29.6 Å². The minimum atomic E-state index is -4.77. The normalized spacial score (nSPS) is 26.5. The van der Waals surface area contributed by atoms with Gasteiger partial charge in [-0.1, -0.05) is 41.7 Å². The quantitative estimate of drug-likeness (QED) is 0.160. The van der Waals surface area contributed by atoms with E-state index in [1.807, 2.05) is 0 Å². The number of anilines is 2. The van der Waals surface area contributed by atoms with E-state index < -0.39 is 65.3 Å². The van der Waals surface area contributed by atoms with E-state index in [1.165, 1.54) is 36.0 Å². The van der Waals surface area contributed by atoms with Gasteiger partial charge >= 0.3 is 17.2 Å². The summed E-state index contributed by atoms with van der Waals surface area (Å²) < 4.78 is 86.6. The fourth-order valence-corrected chi connectivity index (χ4v) is 11.3. The molecule has 3 amide bonds. The highest BCUT2D eigenvalue weighted by Gasteiger charge is 2.70. The maximum atomic E-state index is 14.0. The second-order valence-corrected chi connectivity index (χ2v) is 15.2. The Morgan fingerprint density at radius 2 is 1.59 bits per heavy atom. The van der Waals surface area contributed by atoms with E-state index in [-0.39, 0.29) is 39.5 Å². The van der Waals surface area contributed by atoms with Crippen LogP contribution in [0.5, 0.6) is 5.75 Å². The number of aromatic amines is 1. The number of halogens is 6. The van der Waals surface area contributed by atoms with Gasteiger partial charge in [-0.25, -0.2) is 4.90 Å². The number of imide groups is 1. The third-order valence-corrected chi connectivity index (χ3v) is 12.8. The lowest BCUT2D eigenvalue weighted by Gasteiger charge is -2.43. The number of hydrogen-bond donors (Lipinski definition) is 2. The van der Waals surface area contributed by atoms with Crippen LogP contribution in [-0.4, -0.2) is 34.6 Å². The third-order valence-electron chi connectivity index (χ3n) is 10.3. The zero-order chi connectivity index (χ0) is 36.0. The predicted molar refractivity (Wildman–Crippen MR) is 174 cm³/mol. The molecule has 8 rings (SSSR count). The number of fused-ring (bicyclic) bond motifs is 9. The molecule has 1 aromatic heterocycles. The smallest absolute Gasteiger partial charge is 0.418 e. The Hall–Kier alpha value is -4.57. The molecule has 7 atom stereocenters. The van der Waals surface area contributed by atoms with Crippen molar-refractivity contribution < 1.29 is 45.5 Å². The predicted octanol–water partition coefficient (Wildman–Crippen LogP) is 7.17. The second kappa shape index (κ2) is 12.0. The standard InChI is InChI=1S/C35H25F6N3O5S2/c36-34(37,38)16-4-3-5-17(12-16)42-23(45)14-49-18-10-8-15(9-11-18)24-25-19-13-20(28(25)50-30-29(24)51-33(48)43-30)27-26(19)31(46)44(32(27)47)22-7-2-1-6-21(22)35(39,40)41/h1-12,19-20,24-28H,13-14H2,(H,42,45)(H,43,48)/t19?,20?,24-,25?,26?,27?,28?/m1/s1. The van der Waals surface area contributed by atoms with Gasteiger partial charge in [0.05, 0.1) is 33.7 Å². The van der Waals surface area contributed by atoms with Gasteiger partial charge < -0.3 is 15.0 Å². The van der Waals surface area contributed by atoms with Gasteiger partial charge in [-0.3, -0.25) is 19.2 Å². The molecule has 4 aromatic rings. The van der Waals surface area contributed by atoms with Gasteiger partial charge in [-0.2, -0.15) is 26.3 Å². The van der Waals surface area contributed by atoms with Crippen molar-refractivity contribution in [2.24, 2.45) is 29.6 Å². The molecule has 3 fully saturated rings. The summed E-state index contributed by atoms with van der Waals surface area (Å²) in [5.41, 5.74) is -1.69. The minimum absolute atomic E-state index is 0.0389. The Balaban J connectivity index is 1.04. The van der Waals surface area contributed by atoms with Crippen LogP contribution in [0.1, 0.15) is 33.9 Å². The summed E-state index contributed by atoms with van der Waals surface area (Å²) in [7, 11) is 0. The highest BCUT2D eigenvalue weighted by atomic mass is 32.2. The first-order chi connectivity index (χ1) is 24.2. The molecule has 264 valence electrons. The van der Waals surface area contributed by atoms with Crippen molar-refractivity contribution in [3.8, 4) is 5.75 Å². The molecule has 3 heterocycles. The van der Waals surface area contributed by atoms with Crippen LogP contribution in [0.2, 0.25) is 0 Å². The highest BCUT2D eigenvalue weighted by molar-refractivity contribution is 8.00. The number of aromatic nitrogens is 1. The number of hydrogen-bond acceptors (Lipinski definition) is 7. The lowest BCUT2D eigenvalue weighted by molar-refractivity contribution is -0.138. The topological polar surface area (TPSA) is 109 Å². The number of carbonyl (C=O) groups excluding carboxylic acids is 3. The maximum absolute atomic E-state index is 14.0. The number of carbonyl (C=O) groups is 3. The number of para-hydroxylation sites is 1. The van der Waals surface area contributed by atoms with Crippen LogP contribution >= 0.6 is 23.1 Å². The number of nitrogens with zero attached hydrogens (tertiary/aromatic N) is 1. The molecule has 2 bridgehead atoms. The van der Waals surface area contributed by atoms with Crippen molar-refractivity contribution >= 4 is 52.2 Å². The Morgan fingerprint density at radius 1 is 0.882 bits per heavy atom. The van der Waals surface area contributed by atoms with Crippen LogP contribution in [0.25, 0.3) is 0 Å². The number of alkyl halides is 6. The molecular formula is C35H25F6N3O5S2. The first-order valence-electron chi connectivity index (χ1n) is 15.8. The Morgan fingerprint density at radius 3 is 2.29 bits per heavy atom. The second-order valence-electron chi connectivity index (χ2n) is 13.0. The SMILES string of the molecule is O=C(COc1ccc([C@H]2c3sc(=O)[nH]c3SC3C4CC(C5C(=O)N(c6ccccc6C(F)(F)F)C(=O)C45)C32)cc1)Nc1cccc(C(F)(F)F)c1. The van der Waals surface area contributed by atoms with Crippen molar-refractivity contribution in [1.29, 1.82) is 0 Å². The van der Waals surface area contributed by atoms with Gasteiger partial charge in [0.25, 0.3) is 5.91 Å². The summed E-state index contributed by atoms with van der Waals surface area (Å²) in [5, 5.41) is 2.85. The Bertz CT molecular complexity index is 2130. The van der Waals surface area contributed by atoms with Crippen molar-refractivity contribution in [2.75, 3.05) is 16.8 Å². The van der Waals surface area contributed by atoms with Crippen molar-refractivity contribution in [3.05, 3.63) is 104 Å². The molecule has 1 saturated heterocycles. The van der Waals surface area contributed by atoms with E-state index in [0.29, 0.717) is 17.2 Å². The Labute approximate surface area is 293 Å². The van der Waals surface area contributed by atoms with Crippen molar-refractivity contribution in [2.45, 2.75) is 35.0 Å². The lowest BCUT2D eigenvalue weighted by Crippen LogP contribution is -2.42. The summed E-state index contributed by atoms with van der Waals surface area (Å²) in [6, 6.07) is 15.6. The first-order valence-corrected chi connectivity index (χ1v) is 17.5. The van der Waals surface area contributed by atoms with E-state index >= 15 is 0 Å². The molecule has 2 aliphatic heterocycles. The summed E-state index contributed by atoms with van der Waals surface area (Å²) in [6.45, 7) is -0.485. The monoisotopic (exact) mass is 745 g/mol. The van der Waals surface area contributed by atoms with Gasteiger partial charge in [-0.05, 0) is 72.2 Å². The summed E-state index contributed by atoms with van der Waals surface area (Å²) in [6.07, 6.45) is -8.80. The lowest BCUT2D eigenvalue weighted by atomic mass is 9.68. The fraction of sp³-hybridized carbons (Fsp3) is 0.314. The highest BCUT2D eigenvalue weighted by Crippen LogP contribution is 2.69. The summed E-state index contributed by atoms with van der Waals surface area (Å²) in [5.74, 6) is -4.44. The van der Waals surface area contributed by atoms with Gasteiger partial charge in [-0.15, -0.1) is 11.8 Å². The average Bonchev–Trinajstić information content (AvgIpc) is 3.82. The van der Waals surface area contributed by atoms with Crippen LogP contribution in [-0.2, 0) is 26.7 Å². The molecule has 3 aromatic carbocycles. The first kappa shape index (κ1) is 33.6. The van der Waals surface area contributed by atoms with Gasteiger partial charge in [0.15, 0.2) is 6.61 Å². The van der Waals surface area contributed by atoms with Gasteiger partial charge in [0.1, 0.15) is 5.75 Å². The molecule has 51 heavy (non-hydrogen) atoms. The van der Waals surface area contributed by atoms with Crippen LogP contribution in [0.4, 0.5) is 37.7 Å². The van der Waals surface area contributed by atoms with E-state index in [0.717, 1.165) is 50.9 Å². The van der Waals surface area contributed by atoms with E-state index in [9.17, 15) is 45.5 Å². The largest absolute Gasteiger partial charge is 0.484 e. The molecule has 6 unspecified atom stereocenters. The van der Waals surface area contributed by atoms with E-state index in [1.54, 1.807) is 24.3 Å². The fourth-order valence-electron chi connectivity index (χ4n) is 8.43. The molecule has 8 nitrogen and oxygen atoms in total. The molecule has 2 N–H and O–H groups in total. The maximum Gasteiger partial charge on any atom is 0.418 e. The van der Waals surface area contributed by atoms with Crippen molar-refractivity contribution in [1.82, 2.24) is 4.98 Å². The minimum Gasteiger partial charge on any atom is -0.484 e. The molecule has 2 aliphatic carbocycles. The van der Waals surface area contributed by atoms with E-state index in [4.69, 9.17) is 4.74 Å². The molecule has 2 saturated carbocycles. The third kappa shape index (κ3) is 5.62. The molecule has 16 heteroatoms. The number of benzene rings is 3.